The summed E-state index contributed by atoms with van der Waals surface area (Å²) in [6.45, 7) is 0. The normalized spacial score (nSPS) is 18.8. The average Bonchev–Trinajstić information content (AvgIpc) is 3.08. The second-order valence-corrected chi connectivity index (χ2v) is 6.78. The molecule has 0 bridgehead atoms. The molecule has 0 saturated carbocycles. The Labute approximate surface area is 157 Å². The third-order valence-electron chi connectivity index (χ3n) is 5.31. The molecule has 0 amide bonds. The Bertz CT molecular complexity index is 1180. The van der Waals surface area contributed by atoms with Crippen molar-refractivity contribution >= 4 is 21.8 Å². The van der Waals surface area contributed by atoms with Gasteiger partial charge in [-0.25, -0.2) is 4.98 Å². The Morgan fingerprint density at radius 2 is 1.48 bits per heavy atom. The smallest absolute Gasteiger partial charge is 0.140 e. The lowest BCUT2D eigenvalue weighted by Gasteiger charge is -2.27. The summed E-state index contributed by atoms with van der Waals surface area (Å²) in [6.07, 6.45) is 10.5. The van der Waals surface area contributed by atoms with Crippen molar-refractivity contribution in [3.63, 3.8) is 0 Å². The van der Waals surface area contributed by atoms with Gasteiger partial charge in [0, 0.05) is 33.9 Å². The van der Waals surface area contributed by atoms with Gasteiger partial charge in [0.25, 0.3) is 0 Å². The van der Waals surface area contributed by atoms with Crippen LogP contribution in [0.1, 0.15) is 23.2 Å². The molecule has 2 aromatic carbocycles. The summed E-state index contributed by atoms with van der Waals surface area (Å²) >= 11 is 0. The molecule has 2 aromatic heterocycles. The Kier molecular flexibility index (Phi) is 3.62. The molecule has 1 aliphatic rings. The molecule has 0 radical (unpaired) electrons. The first-order chi connectivity index (χ1) is 13.4. The molecule has 2 atom stereocenters. The van der Waals surface area contributed by atoms with Crippen LogP contribution in [-0.2, 0) is 0 Å². The van der Waals surface area contributed by atoms with E-state index >= 15 is 0 Å². The molecule has 5 rings (SSSR count). The van der Waals surface area contributed by atoms with Crippen LogP contribution in [0.25, 0.3) is 21.8 Å². The summed E-state index contributed by atoms with van der Waals surface area (Å²) < 4.78 is 2.42. The summed E-state index contributed by atoms with van der Waals surface area (Å²) in [7, 11) is 0. The second-order valence-electron chi connectivity index (χ2n) is 6.78. The number of aromatic nitrogens is 2. The molecular weight excluding hydrogens is 330 g/mol. The lowest BCUT2D eigenvalue weighted by Crippen LogP contribution is -2.16. The van der Waals surface area contributed by atoms with Crippen molar-refractivity contribution in [1.29, 1.82) is 5.26 Å². The van der Waals surface area contributed by atoms with Gasteiger partial charge in [-0.05, 0) is 23.8 Å². The second kappa shape index (κ2) is 6.26. The van der Waals surface area contributed by atoms with Gasteiger partial charge in [0.2, 0.25) is 0 Å². The van der Waals surface area contributed by atoms with Crippen LogP contribution in [0.5, 0.6) is 0 Å². The van der Waals surface area contributed by atoms with Crippen LogP contribution in [0.4, 0.5) is 0 Å². The maximum absolute atomic E-state index is 9.04. The van der Waals surface area contributed by atoms with Gasteiger partial charge in [-0.15, -0.1) is 0 Å². The molecule has 0 aliphatic heterocycles. The highest BCUT2D eigenvalue weighted by Gasteiger charge is 2.25. The molecule has 3 heteroatoms. The fraction of sp³-hybridized carbons (Fsp3) is 0.0833. The molecule has 2 heterocycles. The van der Waals surface area contributed by atoms with E-state index in [2.05, 4.69) is 88.5 Å². The van der Waals surface area contributed by atoms with E-state index in [0.717, 1.165) is 5.56 Å². The predicted octanol–water partition coefficient (Wildman–Crippen LogP) is 5.51. The maximum Gasteiger partial charge on any atom is 0.140 e. The van der Waals surface area contributed by atoms with Crippen molar-refractivity contribution in [2.45, 2.75) is 12.0 Å². The Morgan fingerprint density at radius 1 is 0.815 bits per heavy atom. The fourth-order valence-electron chi connectivity index (χ4n) is 4.09. The topological polar surface area (TPSA) is 41.6 Å². The van der Waals surface area contributed by atoms with Gasteiger partial charge in [0.05, 0.1) is 6.04 Å². The van der Waals surface area contributed by atoms with Crippen LogP contribution >= 0.6 is 0 Å². The number of fused-ring (bicyclic) bond motifs is 3. The zero-order valence-corrected chi connectivity index (χ0v) is 14.7. The molecule has 0 spiro atoms. The van der Waals surface area contributed by atoms with E-state index < -0.39 is 0 Å². The van der Waals surface area contributed by atoms with Gasteiger partial charge >= 0.3 is 0 Å². The maximum atomic E-state index is 9.04. The number of rotatable bonds is 2. The molecule has 4 aromatic rings. The first-order valence-electron chi connectivity index (χ1n) is 9.05. The number of hydrogen-bond acceptors (Lipinski definition) is 2. The minimum atomic E-state index is 0.148. The van der Waals surface area contributed by atoms with Crippen molar-refractivity contribution in [2.75, 3.05) is 0 Å². The van der Waals surface area contributed by atoms with Crippen molar-refractivity contribution in [2.24, 2.45) is 0 Å². The Hall–Kier alpha value is -3.64. The predicted molar refractivity (Wildman–Crippen MR) is 108 cm³/mol. The van der Waals surface area contributed by atoms with Crippen molar-refractivity contribution < 1.29 is 0 Å². The SMILES string of the molecule is N#Cc1ccc(C2C=CC=CC2n2c3ccccc3c3ccccc32)cn1. The number of para-hydroxylation sites is 2. The third kappa shape index (κ3) is 2.46. The number of benzene rings is 2. The van der Waals surface area contributed by atoms with Crippen LogP contribution in [0.3, 0.4) is 0 Å². The quantitative estimate of drug-likeness (QED) is 0.479. The number of allylic oxidation sites excluding steroid dienone is 4. The van der Waals surface area contributed by atoms with E-state index in [1.807, 2.05) is 12.3 Å². The van der Waals surface area contributed by atoms with E-state index in [4.69, 9.17) is 5.26 Å². The van der Waals surface area contributed by atoms with Gasteiger partial charge in [0.15, 0.2) is 0 Å². The zero-order chi connectivity index (χ0) is 18.2. The standard InChI is InChI=1S/C24H17N3/c25-15-18-14-13-17(16-26-18)19-7-1-4-10-22(19)27-23-11-5-2-8-20(23)21-9-3-6-12-24(21)27/h1-14,16,19,22H. The fourth-order valence-corrected chi connectivity index (χ4v) is 4.09. The van der Waals surface area contributed by atoms with Crippen LogP contribution in [0, 0.1) is 11.3 Å². The summed E-state index contributed by atoms with van der Waals surface area (Å²) in [5, 5.41) is 11.6. The van der Waals surface area contributed by atoms with Crippen LogP contribution < -0.4 is 0 Å². The number of pyridine rings is 1. The van der Waals surface area contributed by atoms with E-state index in [-0.39, 0.29) is 12.0 Å². The number of hydrogen-bond donors (Lipinski definition) is 0. The molecule has 1 aliphatic carbocycles. The molecule has 0 fully saturated rings. The van der Waals surface area contributed by atoms with E-state index in [0.29, 0.717) is 5.69 Å². The molecule has 3 nitrogen and oxygen atoms in total. The van der Waals surface area contributed by atoms with Gasteiger partial charge in [-0.1, -0.05) is 66.8 Å². The van der Waals surface area contributed by atoms with Gasteiger partial charge in [-0.3, -0.25) is 0 Å². The van der Waals surface area contributed by atoms with Gasteiger partial charge < -0.3 is 4.57 Å². The number of nitrogens with zero attached hydrogens (tertiary/aromatic N) is 3. The third-order valence-corrected chi connectivity index (χ3v) is 5.31. The summed E-state index contributed by atoms with van der Waals surface area (Å²) in [5.41, 5.74) is 4.02. The molecular formula is C24H17N3. The minimum absolute atomic E-state index is 0.148. The summed E-state index contributed by atoms with van der Waals surface area (Å²) in [5.74, 6) is 0.162. The van der Waals surface area contributed by atoms with Crippen molar-refractivity contribution in [1.82, 2.24) is 9.55 Å². The molecule has 2 unspecified atom stereocenters. The van der Waals surface area contributed by atoms with Gasteiger partial charge in [0.1, 0.15) is 11.8 Å². The Balaban J connectivity index is 1.73. The first kappa shape index (κ1) is 15.6. The molecule has 0 saturated heterocycles. The lowest BCUT2D eigenvalue weighted by atomic mass is 9.88. The largest absolute Gasteiger partial charge is 0.332 e. The van der Waals surface area contributed by atoms with Crippen LogP contribution in [0.15, 0.2) is 91.2 Å². The van der Waals surface area contributed by atoms with Gasteiger partial charge in [-0.2, -0.15) is 5.26 Å². The Morgan fingerprint density at radius 3 is 2.11 bits per heavy atom. The molecule has 0 N–H and O–H groups in total. The average molecular weight is 347 g/mol. The van der Waals surface area contributed by atoms with E-state index in [9.17, 15) is 0 Å². The highest BCUT2D eigenvalue weighted by molar-refractivity contribution is 6.08. The highest BCUT2D eigenvalue weighted by Crippen LogP contribution is 2.40. The van der Waals surface area contributed by atoms with E-state index in [1.165, 1.54) is 21.8 Å². The van der Waals surface area contributed by atoms with Crippen LogP contribution in [-0.4, -0.2) is 9.55 Å². The van der Waals surface area contributed by atoms with Crippen molar-refractivity contribution in [3.05, 3.63) is 102 Å². The minimum Gasteiger partial charge on any atom is -0.332 e. The molecule has 128 valence electrons. The van der Waals surface area contributed by atoms with E-state index in [1.54, 1.807) is 6.07 Å². The summed E-state index contributed by atoms with van der Waals surface area (Å²) in [4.78, 5) is 4.28. The van der Waals surface area contributed by atoms with Crippen LogP contribution in [0.2, 0.25) is 0 Å². The summed E-state index contributed by atoms with van der Waals surface area (Å²) in [6, 6.07) is 23.2. The number of nitriles is 1. The first-order valence-corrected chi connectivity index (χ1v) is 9.05. The van der Waals surface area contributed by atoms with Crippen molar-refractivity contribution in [3.8, 4) is 6.07 Å². The zero-order valence-electron chi connectivity index (χ0n) is 14.7. The lowest BCUT2D eigenvalue weighted by molar-refractivity contribution is 0.574. The monoisotopic (exact) mass is 347 g/mol. The molecule has 27 heavy (non-hydrogen) atoms. The highest BCUT2D eigenvalue weighted by atomic mass is 15.0.